The highest BCUT2D eigenvalue weighted by atomic mass is 19.4. The number of aromatic nitrogens is 1. The molecule has 1 unspecified atom stereocenters. The minimum absolute atomic E-state index is 0.0528. The number of ether oxygens (including phenoxy) is 1. The third-order valence-corrected chi connectivity index (χ3v) is 6.27. The third kappa shape index (κ3) is 4.86. The van der Waals surface area contributed by atoms with E-state index >= 15 is 0 Å². The molecule has 0 spiro atoms. The average molecular weight is 499 g/mol. The summed E-state index contributed by atoms with van der Waals surface area (Å²) in [5, 5.41) is 0.508. The van der Waals surface area contributed by atoms with E-state index < -0.39 is 18.2 Å². The number of aliphatic imine (C=N–C) groups is 1. The predicted molar refractivity (Wildman–Crippen MR) is 128 cm³/mol. The summed E-state index contributed by atoms with van der Waals surface area (Å²) in [5.74, 6) is -1.77. The summed E-state index contributed by atoms with van der Waals surface area (Å²) >= 11 is 0. The number of hydrogen-bond donors (Lipinski definition) is 2. The number of halogens is 3. The van der Waals surface area contributed by atoms with Crippen LogP contribution in [0.15, 0.2) is 53.5 Å². The molecular weight excluding hydrogens is 475 g/mol. The Bertz CT molecular complexity index is 1330. The molecule has 3 aromatic rings. The van der Waals surface area contributed by atoms with Gasteiger partial charge in [0.25, 0.3) is 6.02 Å². The second-order valence-corrected chi connectivity index (χ2v) is 8.71. The fraction of sp³-hybridized carbons (Fsp3) is 0.320. The van der Waals surface area contributed by atoms with Crippen LogP contribution in [0, 0.1) is 0 Å². The fourth-order valence-electron chi connectivity index (χ4n) is 4.62. The van der Waals surface area contributed by atoms with E-state index in [2.05, 4.69) is 32.3 Å². The summed E-state index contributed by atoms with van der Waals surface area (Å²) in [6.45, 7) is 1.54. The molecule has 2 aliphatic rings. The summed E-state index contributed by atoms with van der Waals surface area (Å²) in [6, 6.07) is 15.2. The Hall–Kier alpha value is -4.02. The van der Waals surface area contributed by atoms with Crippen molar-refractivity contribution in [1.82, 2.24) is 4.98 Å². The molecule has 1 atom stereocenters. The fourth-order valence-corrected chi connectivity index (χ4v) is 4.62. The number of para-hydroxylation sites is 1. The Kier molecular flexibility index (Phi) is 6.29. The zero-order chi connectivity index (χ0) is 25.3. The molecular formula is C25H24F3N5O3. The number of pyridine rings is 1. The van der Waals surface area contributed by atoms with Crippen LogP contribution in [-0.4, -0.2) is 42.3 Å². The monoisotopic (exact) mass is 499 g/mol. The normalized spacial score (nSPS) is 17.7. The number of carbonyl (C=O) groups is 1. The van der Waals surface area contributed by atoms with Gasteiger partial charge in [0.15, 0.2) is 0 Å². The average Bonchev–Trinajstić information content (AvgIpc) is 3.14. The Morgan fingerprint density at radius 2 is 1.92 bits per heavy atom. The van der Waals surface area contributed by atoms with E-state index in [-0.39, 0.29) is 18.1 Å². The van der Waals surface area contributed by atoms with E-state index in [0.29, 0.717) is 41.9 Å². The smallest absolute Gasteiger partial charge is 0.460 e. The lowest BCUT2D eigenvalue weighted by atomic mass is 10.0. The van der Waals surface area contributed by atoms with Crippen LogP contribution < -0.4 is 16.1 Å². The van der Waals surface area contributed by atoms with Gasteiger partial charge in [-0.05, 0) is 30.0 Å². The molecule has 0 amide bonds. The van der Waals surface area contributed by atoms with Gasteiger partial charge in [0.1, 0.15) is 11.9 Å². The van der Waals surface area contributed by atoms with Gasteiger partial charge in [-0.3, -0.25) is 0 Å². The molecule has 11 heteroatoms. The number of hydrogen-bond acceptors (Lipinski definition) is 8. The van der Waals surface area contributed by atoms with Crippen molar-refractivity contribution in [1.29, 1.82) is 0 Å². The van der Waals surface area contributed by atoms with Crippen molar-refractivity contribution in [2.45, 2.75) is 38.1 Å². The van der Waals surface area contributed by atoms with Crippen LogP contribution in [0.25, 0.3) is 10.9 Å². The standard InChI is InChI=1S/C25H24F3N5O3/c26-25(27,28)23(34)36-32-21-18-9-3-4-10-20(18)31-22(19(21)12-17-13-30-24(29)35-17)33-11-5-8-15-6-1-2-7-16(15)14-33/h1-4,6-7,9-10,17H,5,8,11-14H2,(H2,29,30)(H,31,32). The summed E-state index contributed by atoms with van der Waals surface area (Å²) < 4.78 is 44.3. The minimum atomic E-state index is -5.15. The lowest BCUT2D eigenvalue weighted by Crippen LogP contribution is -2.30. The quantitative estimate of drug-likeness (QED) is 0.514. The number of benzene rings is 2. The number of nitrogens with one attached hydrogen (secondary N) is 1. The molecule has 0 radical (unpaired) electrons. The molecule has 36 heavy (non-hydrogen) atoms. The van der Waals surface area contributed by atoms with Crippen LogP contribution in [-0.2, 0) is 33.8 Å². The van der Waals surface area contributed by atoms with Crippen LogP contribution in [0.3, 0.4) is 0 Å². The van der Waals surface area contributed by atoms with E-state index in [0.717, 1.165) is 18.4 Å². The molecule has 8 nitrogen and oxygen atoms in total. The zero-order valence-electron chi connectivity index (χ0n) is 19.2. The molecule has 3 N–H and O–H groups in total. The molecule has 2 aromatic carbocycles. The first-order valence-electron chi connectivity index (χ1n) is 11.5. The molecule has 2 aliphatic heterocycles. The number of nitrogens with zero attached hydrogens (tertiary/aromatic N) is 3. The van der Waals surface area contributed by atoms with Gasteiger partial charge >= 0.3 is 12.1 Å². The van der Waals surface area contributed by atoms with Gasteiger partial charge in [-0.15, -0.1) is 0 Å². The molecule has 0 bridgehead atoms. The van der Waals surface area contributed by atoms with E-state index in [1.807, 2.05) is 12.1 Å². The van der Waals surface area contributed by atoms with E-state index in [4.69, 9.17) is 15.5 Å². The van der Waals surface area contributed by atoms with Crippen LogP contribution >= 0.6 is 0 Å². The summed E-state index contributed by atoms with van der Waals surface area (Å²) in [4.78, 5) is 27.1. The van der Waals surface area contributed by atoms with Crippen LogP contribution in [0.2, 0.25) is 0 Å². The highest BCUT2D eigenvalue weighted by molar-refractivity contribution is 5.96. The summed E-state index contributed by atoms with van der Waals surface area (Å²) in [7, 11) is 0. The molecule has 0 saturated carbocycles. The number of carbonyl (C=O) groups excluding carboxylic acids is 1. The number of fused-ring (bicyclic) bond motifs is 2. The Balaban J connectivity index is 1.61. The van der Waals surface area contributed by atoms with Crippen molar-refractivity contribution in [3.63, 3.8) is 0 Å². The van der Waals surface area contributed by atoms with Gasteiger partial charge in [-0.1, -0.05) is 42.5 Å². The summed E-state index contributed by atoms with van der Waals surface area (Å²) in [6.07, 6.45) is -3.58. The second-order valence-electron chi connectivity index (χ2n) is 8.71. The molecule has 5 rings (SSSR count). The number of rotatable bonds is 5. The van der Waals surface area contributed by atoms with Crippen LogP contribution in [0.5, 0.6) is 0 Å². The maximum atomic E-state index is 12.9. The van der Waals surface area contributed by atoms with Gasteiger partial charge in [-0.2, -0.15) is 13.2 Å². The van der Waals surface area contributed by atoms with Crippen molar-refractivity contribution in [3.05, 3.63) is 65.2 Å². The molecule has 1 aromatic heterocycles. The van der Waals surface area contributed by atoms with Crippen LogP contribution in [0.4, 0.5) is 24.7 Å². The van der Waals surface area contributed by atoms with Gasteiger partial charge in [0.05, 0.1) is 17.7 Å². The van der Waals surface area contributed by atoms with Crippen molar-refractivity contribution in [2.24, 2.45) is 10.7 Å². The molecule has 0 fully saturated rings. The SMILES string of the molecule is NC1=NCC(Cc2c(N3CCCc4ccccc4C3)nc3ccccc3c2NOC(=O)C(F)(F)F)O1. The Morgan fingerprint density at radius 3 is 2.67 bits per heavy atom. The van der Waals surface area contributed by atoms with Crippen molar-refractivity contribution in [2.75, 3.05) is 23.5 Å². The molecule has 188 valence electrons. The highest BCUT2D eigenvalue weighted by Crippen LogP contribution is 2.37. The number of nitrogens with two attached hydrogens (primary N) is 1. The van der Waals surface area contributed by atoms with Gasteiger partial charge in [0, 0.05) is 30.5 Å². The van der Waals surface area contributed by atoms with Gasteiger partial charge in [0.2, 0.25) is 0 Å². The first-order chi connectivity index (χ1) is 17.3. The Labute approximate surface area is 204 Å². The number of aryl methyl sites for hydroxylation is 1. The number of alkyl halides is 3. The zero-order valence-corrected chi connectivity index (χ0v) is 19.2. The number of amidine groups is 1. The minimum Gasteiger partial charge on any atom is -0.460 e. The third-order valence-electron chi connectivity index (χ3n) is 6.27. The highest BCUT2D eigenvalue weighted by Gasteiger charge is 2.42. The van der Waals surface area contributed by atoms with Crippen molar-refractivity contribution < 1.29 is 27.5 Å². The van der Waals surface area contributed by atoms with Crippen molar-refractivity contribution in [3.8, 4) is 0 Å². The maximum absolute atomic E-state index is 12.9. The molecule has 0 aliphatic carbocycles. The van der Waals surface area contributed by atoms with Gasteiger partial charge < -0.3 is 20.2 Å². The summed E-state index contributed by atoms with van der Waals surface area (Å²) in [5.41, 5.74) is 11.7. The van der Waals surface area contributed by atoms with Crippen molar-refractivity contribution >= 4 is 34.4 Å². The first-order valence-corrected chi connectivity index (χ1v) is 11.5. The Morgan fingerprint density at radius 1 is 1.17 bits per heavy atom. The van der Waals surface area contributed by atoms with E-state index in [9.17, 15) is 18.0 Å². The van der Waals surface area contributed by atoms with Gasteiger partial charge in [-0.25, -0.2) is 20.3 Å². The second kappa shape index (κ2) is 9.56. The van der Waals surface area contributed by atoms with Crippen LogP contribution in [0.1, 0.15) is 23.1 Å². The number of anilines is 2. The lowest BCUT2D eigenvalue weighted by molar-refractivity contribution is -0.196. The molecule has 0 saturated heterocycles. The largest absolute Gasteiger partial charge is 0.493 e. The lowest BCUT2D eigenvalue weighted by Gasteiger charge is -2.28. The first kappa shape index (κ1) is 23.7. The van der Waals surface area contributed by atoms with E-state index in [1.54, 1.807) is 24.3 Å². The van der Waals surface area contributed by atoms with E-state index in [1.165, 1.54) is 5.56 Å². The maximum Gasteiger partial charge on any atom is 0.493 e. The topological polar surface area (TPSA) is 102 Å². The predicted octanol–water partition coefficient (Wildman–Crippen LogP) is 3.88. The molecule has 3 heterocycles.